The fourth-order valence-corrected chi connectivity index (χ4v) is 2.85. The molecule has 2 heteroatoms. The summed E-state index contributed by atoms with van der Waals surface area (Å²) in [6.07, 6.45) is 23.7. The van der Waals surface area contributed by atoms with E-state index in [0.717, 1.165) is 6.54 Å². The Bertz CT molecular complexity index is 128. The van der Waals surface area contributed by atoms with Gasteiger partial charge in [0.25, 0.3) is 0 Å². The molecule has 0 aliphatic carbocycles. The lowest BCUT2D eigenvalue weighted by Crippen LogP contribution is -1.97. The maximum absolute atomic E-state index is 5.39. The molecule has 0 aliphatic heterocycles. The van der Waals surface area contributed by atoms with Gasteiger partial charge in [-0.2, -0.15) is 0 Å². The lowest BCUT2D eigenvalue weighted by molar-refractivity contribution is 0.578. The third kappa shape index (κ3) is 28.5. The second-order valence-corrected chi connectivity index (χ2v) is 7.10. The van der Waals surface area contributed by atoms with E-state index in [0.29, 0.717) is 0 Å². The molecule has 0 rings (SSSR count). The molecule has 1 unspecified atom stereocenters. The molecular formula is C20H46NP. The SMILES string of the molecule is CCCCCCCCCCN.CCCCCCCCCCP. The summed E-state index contributed by atoms with van der Waals surface area (Å²) in [5.74, 6) is 0. The van der Waals surface area contributed by atoms with Gasteiger partial charge in [0.15, 0.2) is 0 Å². The zero-order valence-corrected chi connectivity index (χ0v) is 17.0. The third-order valence-electron chi connectivity index (χ3n) is 4.12. The van der Waals surface area contributed by atoms with Crippen molar-refractivity contribution >= 4 is 9.24 Å². The molecule has 0 saturated carbocycles. The lowest BCUT2D eigenvalue weighted by Gasteiger charge is -1.99. The smallest absolute Gasteiger partial charge is 0.00773 e. The minimum Gasteiger partial charge on any atom is -0.330 e. The first-order valence-electron chi connectivity index (χ1n) is 10.2. The van der Waals surface area contributed by atoms with Crippen LogP contribution >= 0.6 is 9.24 Å². The van der Waals surface area contributed by atoms with Crippen LogP contribution in [0.15, 0.2) is 0 Å². The minimum absolute atomic E-state index is 0.870. The van der Waals surface area contributed by atoms with E-state index in [1.807, 2.05) is 0 Å². The highest BCUT2D eigenvalue weighted by Crippen LogP contribution is 2.09. The first-order chi connectivity index (χ1) is 10.8. The zero-order chi connectivity index (χ0) is 16.7. The van der Waals surface area contributed by atoms with Gasteiger partial charge < -0.3 is 5.73 Å². The molecule has 0 aliphatic rings. The molecule has 0 saturated heterocycles. The number of hydrogen-bond donors (Lipinski definition) is 1. The maximum atomic E-state index is 5.39. The van der Waals surface area contributed by atoms with Crippen molar-refractivity contribution in [2.45, 2.75) is 117 Å². The van der Waals surface area contributed by atoms with Gasteiger partial charge in [0.2, 0.25) is 0 Å². The molecule has 0 aromatic carbocycles. The highest BCUT2D eigenvalue weighted by Gasteiger charge is 1.89. The summed E-state index contributed by atoms with van der Waals surface area (Å²) in [5.41, 5.74) is 5.39. The Hall–Kier alpha value is 0.390. The van der Waals surface area contributed by atoms with Gasteiger partial charge in [-0.05, 0) is 25.5 Å². The zero-order valence-electron chi connectivity index (χ0n) is 15.9. The van der Waals surface area contributed by atoms with Crippen molar-refractivity contribution in [2.24, 2.45) is 5.73 Å². The predicted molar refractivity (Wildman–Crippen MR) is 109 cm³/mol. The van der Waals surface area contributed by atoms with Crippen LogP contribution in [0.3, 0.4) is 0 Å². The summed E-state index contributed by atoms with van der Waals surface area (Å²) < 4.78 is 0. The van der Waals surface area contributed by atoms with Crippen LogP contribution in [-0.2, 0) is 0 Å². The Balaban J connectivity index is 0. The molecule has 2 N–H and O–H groups in total. The molecule has 22 heavy (non-hydrogen) atoms. The van der Waals surface area contributed by atoms with Crippen molar-refractivity contribution in [3.05, 3.63) is 0 Å². The summed E-state index contributed by atoms with van der Waals surface area (Å²) in [6, 6.07) is 0. The minimum atomic E-state index is 0.870. The molecule has 0 heterocycles. The molecule has 0 aromatic rings. The van der Waals surface area contributed by atoms with Gasteiger partial charge in [0.1, 0.15) is 0 Å². The van der Waals surface area contributed by atoms with E-state index in [9.17, 15) is 0 Å². The number of nitrogens with two attached hydrogens (primary N) is 1. The number of rotatable bonds is 16. The van der Waals surface area contributed by atoms with Gasteiger partial charge in [-0.25, -0.2) is 0 Å². The first-order valence-corrected chi connectivity index (χ1v) is 11.0. The molecule has 1 nitrogen and oxygen atoms in total. The predicted octanol–water partition coefficient (Wildman–Crippen LogP) is 7.09. The highest BCUT2D eigenvalue weighted by atomic mass is 31.0. The average Bonchev–Trinajstić information content (AvgIpc) is 2.54. The monoisotopic (exact) mass is 331 g/mol. The molecule has 1 atom stereocenters. The Kier molecular flexibility index (Phi) is 29.5. The van der Waals surface area contributed by atoms with Crippen LogP contribution in [0.2, 0.25) is 0 Å². The van der Waals surface area contributed by atoms with E-state index < -0.39 is 0 Å². The van der Waals surface area contributed by atoms with Crippen LogP contribution in [0.1, 0.15) is 117 Å². The molecule has 0 fully saturated rings. The standard InChI is InChI=1S/C10H23N.C10H23P/c2*1-2-3-4-5-6-7-8-9-10-11/h2*2-11H2,1H3. The van der Waals surface area contributed by atoms with Crippen LogP contribution in [0.4, 0.5) is 0 Å². The maximum Gasteiger partial charge on any atom is -0.00773 e. The fourth-order valence-electron chi connectivity index (χ4n) is 2.56. The van der Waals surface area contributed by atoms with Gasteiger partial charge in [0, 0.05) is 0 Å². The van der Waals surface area contributed by atoms with Crippen molar-refractivity contribution in [3.8, 4) is 0 Å². The normalized spacial score (nSPS) is 10.4. The van der Waals surface area contributed by atoms with Crippen LogP contribution in [0.25, 0.3) is 0 Å². The summed E-state index contributed by atoms with van der Waals surface area (Å²) >= 11 is 0. The quantitative estimate of drug-likeness (QED) is 0.237. The van der Waals surface area contributed by atoms with E-state index in [2.05, 4.69) is 23.1 Å². The van der Waals surface area contributed by atoms with Crippen molar-refractivity contribution in [1.29, 1.82) is 0 Å². The second kappa shape index (κ2) is 26.3. The Morgan fingerprint density at radius 2 is 0.818 bits per heavy atom. The van der Waals surface area contributed by atoms with Crippen molar-refractivity contribution in [2.75, 3.05) is 12.7 Å². The van der Waals surface area contributed by atoms with Crippen LogP contribution in [0.5, 0.6) is 0 Å². The van der Waals surface area contributed by atoms with Crippen molar-refractivity contribution in [1.82, 2.24) is 0 Å². The van der Waals surface area contributed by atoms with Crippen LogP contribution in [-0.4, -0.2) is 12.7 Å². The topological polar surface area (TPSA) is 26.0 Å². The third-order valence-corrected chi connectivity index (χ3v) is 4.52. The Morgan fingerprint density at radius 3 is 1.14 bits per heavy atom. The molecule has 0 spiro atoms. The van der Waals surface area contributed by atoms with Gasteiger partial charge in [-0.1, -0.05) is 104 Å². The molecule has 0 aromatic heterocycles. The lowest BCUT2D eigenvalue weighted by atomic mass is 10.1. The van der Waals surface area contributed by atoms with E-state index in [1.54, 1.807) is 0 Å². The van der Waals surface area contributed by atoms with Gasteiger partial charge in [0.05, 0.1) is 0 Å². The Morgan fingerprint density at radius 1 is 0.500 bits per heavy atom. The number of unbranched alkanes of at least 4 members (excludes halogenated alkanes) is 14. The molecule has 136 valence electrons. The summed E-state index contributed by atoms with van der Waals surface area (Å²) in [7, 11) is 2.79. The second-order valence-electron chi connectivity index (χ2n) is 6.53. The molecule has 0 amide bonds. The highest BCUT2D eigenvalue weighted by molar-refractivity contribution is 7.16. The molecule has 0 bridgehead atoms. The van der Waals surface area contributed by atoms with Gasteiger partial charge >= 0.3 is 0 Å². The molecule has 0 radical (unpaired) electrons. The number of hydrogen-bond acceptors (Lipinski definition) is 1. The van der Waals surface area contributed by atoms with Crippen molar-refractivity contribution < 1.29 is 0 Å². The molecular weight excluding hydrogens is 285 g/mol. The Labute approximate surface area is 144 Å². The van der Waals surface area contributed by atoms with Crippen molar-refractivity contribution in [3.63, 3.8) is 0 Å². The van der Waals surface area contributed by atoms with E-state index in [4.69, 9.17) is 5.73 Å². The van der Waals surface area contributed by atoms with Gasteiger partial charge in [-0.3, -0.25) is 0 Å². The fraction of sp³-hybridized carbons (Fsp3) is 1.00. The van der Waals surface area contributed by atoms with E-state index in [-0.39, 0.29) is 0 Å². The summed E-state index contributed by atoms with van der Waals surface area (Å²) in [4.78, 5) is 0. The summed E-state index contributed by atoms with van der Waals surface area (Å²) in [6.45, 7) is 5.40. The van der Waals surface area contributed by atoms with Crippen LogP contribution < -0.4 is 5.73 Å². The van der Waals surface area contributed by atoms with E-state index in [1.165, 1.54) is 109 Å². The van der Waals surface area contributed by atoms with Gasteiger partial charge in [-0.15, -0.1) is 9.24 Å². The van der Waals surface area contributed by atoms with Crippen LogP contribution in [0, 0.1) is 0 Å². The summed E-state index contributed by atoms with van der Waals surface area (Å²) in [5, 5.41) is 0. The average molecular weight is 332 g/mol. The first kappa shape index (κ1) is 24.6. The van der Waals surface area contributed by atoms with E-state index >= 15 is 0 Å². The largest absolute Gasteiger partial charge is 0.330 e.